The number of hydrogen-bond acceptors (Lipinski definition) is 3. The van der Waals surface area contributed by atoms with Gasteiger partial charge < -0.3 is 9.64 Å². The largest absolute Gasteiger partial charge is 0.417 e. The SMILES string of the molecule is COCCN(CCBr)c1ccc(C(F)(F)F)cn1. The van der Waals surface area contributed by atoms with E-state index in [4.69, 9.17) is 4.74 Å². The molecule has 0 spiro atoms. The van der Waals surface area contributed by atoms with E-state index >= 15 is 0 Å². The van der Waals surface area contributed by atoms with E-state index in [1.54, 1.807) is 7.11 Å². The average molecular weight is 327 g/mol. The number of rotatable bonds is 6. The van der Waals surface area contributed by atoms with Crippen LogP contribution in [0.4, 0.5) is 19.0 Å². The Morgan fingerprint density at radius 3 is 2.50 bits per heavy atom. The molecule has 0 aromatic carbocycles. The summed E-state index contributed by atoms with van der Waals surface area (Å²) in [5, 5.41) is 0.708. The van der Waals surface area contributed by atoms with E-state index in [9.17, 15) is 13.2 Å². The first-order valence-corrected chi connectivity index (χ1v) is 6.44. The molecule has 102 valence electrons. The van der Waals surface area contributed by atoms with E-state index in [0.29, 0.717) is 30.8 Å². The molecule has 0 aliphatic carbocycles. The van der Waals surface area contributed by atoms with Crippen molar-refractivity contribution in [1.29, 1.82) is 0 Å². The van der Waals surface area contributed by atoms with Gasteiger partial charge in [0.25, 0.3) is 0 Å². The summed E-state index contributed by atoms with van der Waals surface area (Å²) in [5.41, 5.74) is -0.739. The molecule has 1 aromatic rings. The number of alkyl halides is 4. The molecule has 0 atom stereocenters. The van der Waals surface area contributed by atoms with Crippen LogP contribution in [0.5, 0.6) is 0 Å². The van der Waals surface area contributed by atoms with Gasteiger partial charge in [0.2, 0.25) is 0 Å². The molecule has 18 heavy (non-hydrogen) atoms. The van der Waals surface area contributed by atoms with Gasteiger partial charge in [-0.25, -0.2) is 4.98 Å². The molecule has 0 fully saturated rings. The second-order valence-electron chi connectivity index (χ2n) is 3.57. The summed E-state index contributed by atoms with van der Waals surface area (Å²) in [4.78, 5) is 5.71. The van der Waals surface area contributed by atoms with Crippen LogP contribution in [0.1, 0.15) is 5.56 Å². The zero-order valence-electron chi connectivity index (χ0n) is 9.88. The smallest absolute Gasteiger partial charge is 0.383 e. The van der Waals surface area contributed by atoms with Crippen LogP contribution < -0.4 is 4.90 Å². The molecule has 0 radical (unpaired) electrons. The topological polar surface area (TPSA) is 25.4 Å². The Kier molecular flexibility index (Phi) is 5.87. The predicted molar refractivity (Wildman–Crippen MR) is 67.1 cm³/mol. The maximum Gasteiger partial charge on any atom is 0.417 e. The van der Waals surface area contributed by atoms with Crippen LogP contribution in [0.15, 0.2) is 18.3 Å². The van der Waals surface area contributed by atoms with Gasteiger partial charge in [-0.05, 0) is 12.1 Å². The third-order valence-corrected chi connectivity index (χ3v) is 2.67. The maximum absolute atomic E-state index is 12.4. The minimum absolute atomic E-state index is 0.496. The molecule has 0 amide bonds. The molecule has 1 rings (SSSR count). The van der Waals surface area contributed by atoms with Crippen molar-refractivity contribution in [2.24, 2.45) is 0 Å². The molecule has 0 aliphatic heterocycles. The lowest BCUT2D eigenvalue weighted by Gasteiger charge is -2.22. The Morgan fingerprint density at radius 1 is 1.33 bits per heavy atom. The van der Waals surface area contributed by atoms with Crippen molar-refractivity contribution in [2.75, 3.05) is 37.0 Å². The second-order valence-corrected chi connectivity index (χ2v) is 4.36. The second kappa shape index (κ2) is 6.94. The van der Waals surface area contributed by atoms with Crippen molar-refractivity contribution in [3.63, 3.8) is 0 Å². The third kappa shape index (κ3) is 4.45. The van der Waals surface area contributed by atoms with E-state index in [0.717, 1.165) is 12.3 Å². The van der Waals surface area contributed by atoms with Crippen LogP contribution in [0, 0.1) is 0 Å². The first-order valence-electron chi connectivity index (χ1n) is 5.32. The highest BCUT2D eigenvalue weighted by atomic mass is 79.9. The monoisotopic (exact) mass is 326 g/mol. The Labute approximate surface area is 112 Å². The first kappa shape index (κ1) is 15.2. The number of aromatic nitrogens is 1. The maximum atomic E-state index is 12.4. The van der Waals surface area contributed by atoms with Gasteiger partial charge in [0.15, 0.2) is 0 Å². The van der Waals surface area contributed by atoms with E-state index < -0.39 is 11.7 Å². The van der Waals surface area contributed by atoms with Crippen molar-refractivity contribution in [1.82, 2.24) is 4.98 Å². The standard InChI is InChI=1S/C11H14BrF3N2O/c1-18-7-6-17(5-4-12)10-3-2-9(8-16-10)11(13,14)15/h2-3,8H,4-7H2,1H3. The highest BCUT2D eigenvalue weighted by Gasteiger charge is 2.30. The summed E-state index contributed by atoms with van der Waals surface area (Å²) >= 11 is 3.30. The molecular formula is C11H14BrF3N2O. The van der Waals surface area contributed by atoms with Gasteiger partial charge in [-0.15, -0.1) is 0 Å². The van der Waals surface area contributed by atoms with Crippen molar-refractivity contribution in [2.45, 2.75) is 6.18 Å². The van der Waals surface area contributed by atoms with E-state index in [-0.39, 0.29) is 0 Å². The molecule has 1 aromatic heterocycles. The molecule has 0 aliphatic rings. The quantitative estimate of drug-likeness (QED) is 0.751. The average Bonchev–Trinajstić information content (AvgIpc) is 2.33. The number of methoxy groups -OCH3 is 1. The number of hydrogen-bond donors (Lipinski definition) is 0. The van der Waals surface area contributed by atoms with Gasteiger partial charge in [-0.1, -0.05) is 15.9 Å². The van der Waals surface area contributed by atoms with Crippen LogP contribution in [0.3, 0.4) is 0 Å². The van der Waals surface area contributed by atoms with Crippen LogP contribution >= 0.6 is 15.9 Å². The summed E-state index contributed by atoms with van der Waals surface area (Å²) in [7, 11) is 1.58. The normalized spacial score (nSPS) is 11.6. The summed E-state index contributed by atoms with van der Waals surface area (Å²) in [5.74, 6) is 0.513. The van der Waals surface area contributed by atoms with Crippen LogP contribution in [0.25, 0.3) is 0 Å². The molecule has 7 heteroatoms. The van der Waals surface area contributed by atoms with Gasteiger partial charge in [0.05, 0.1) is 12.2 Å². The van der Waals surface area contributed by atoms with Crippen molar-refractivity contribution < 1.29 is 17.9 Å². The summed E-state index contributed by atoms with van der Waals surface area (Å²) < 4.78 is 42.1. The fraction of sp³-hybridized carbons (Fsp3) is 0.545. The van der Waals surface area contributed by atoms with Crippen LogP contribution in [-0.4, -0.2) is 37.1 Å². The molecule has 3 nitrogen and oxygen atoms in total. The predicted octanol–water partition coefficient (Wildman–Crippen LogP) is 2.95. The van der Waals surface area contributed by atoms with Crippen LogP contribution in [-0.2, 0) is 10.9 Å². The molecule has 0 unspecified atom stereocenters. The van der Waals surface area contributed by atoms with E-state index in [2.05, 4.69) is 20.9 Å². The Bertz CT molecular complexity index is 356. The molecule has 1 heterocycles. The van der Waals surface area contributed by atoms with Crippen molar-refractivity contribution in [3.05, 3.63) is 23.9 Å². The molecule has 0 bridgehead atoms. The summed E-state index contributed by atoms with van der Waals surface area (Å²) in [6.45, 7) is 1.73. The van der Waals surface area contributed by atoms with Crippen molar-refractivity contribution in [3.8, 4) is 0 Å². The zero-order valence-corrected chi connectivity index (χ0v) is 11.5. The number of anilines is 1. The van der Waals surface area contributed by atoms with Gasteiger partial charge in [0.1, 0.15) is 5.82 Å². The van der Waals surface area contributed by atoms with Crippen LogP contribution in [0.2, 0.25) is 0 Å². The highest BCUT2D eigenvalue weighted by Crippen LogP contribution is 2.29. The lowest BCUT2D eigenvalue weighted by Crippen LogP contribution is -2.30. The molecular weight excluding hydrogens is 313 g/mol. The van der Waals surface area contributed by atoms with E-state index in [1.165, 1.54) is 6.07 Å². The Morgan fingerprint density at radius 2 is 2.06 bits per heavy atom. The highest BCUT2D eigenvalue weighted by molar-refractivity contribution is 9.09. The van der Waals surface area contributed by atoms with Gasteiger partial charge in [-0.3, -0.25) is 0 Å². The lowest BCUT2D eigenvalue weighted by molar-refractivity contribution is -0.137. The minimum atomic E-state index is -4.35. The number of ether oxygens (including phenoxy) is 1. The number of pyridine rings is 1. The lowest BCUT2D eigenvalue weighted by atomic mass is 10.2. The third-order valence-electron chi connectivity index (χ3n) is 2.32. The molecule has 0 N–H and O–H groups in total. The number of nitrogens with zero attached hydrogens (tertiary/aromatic N) is 2. The zero-order chi connectivity index (χ0) is 13.6. The Balaban J connectivity index is 2.79. The molecule has 0 saturated heterocycles. The fourth-order valence-electron chi connectivity index (χ4n) is 1.39. The number of halogens is 4. The first-order chi connectivity index (χ1) is 8.49. The van der Waals surface area contributed by atoms with Gasteiger partial charge in [-0.2, -0.15) is 13.2 Å². The Hall–Kier alpha value is -0.820. The van der Waals surface area contributed by atoms with Crippen molar-refractivity contribution >= 4 is 21.7 Å². The summed E-state index contributed by atoms with van der Waals surface area (Å²) in [6.07, 6.45) is -3.50. The minimum Gasteiger partial charge on any atom is -0.383 e. The van der Waals surface area contributed by atoms with E-state index in [1.807, 2.05) is 4.90 Å². The molecule has 0 saturated carbocycles. The summed E-state index contributed by atoms with van der Waals surface area (Å²) in [6, 6.07) is 2.41. The van der Waals surface area contributed by atoms with Gasteiger partial charge >= 0.3 is 6.18 Å². The fourth-order valence-corrected chi connectivity index (χ4v) is 1.81. The van der Waals surface area contributed by atoms with Gasteiger partial charge in [0, 0.05) is 31.7 Å².